The molecule has 0 fully saturated rings. The van der Waals surface area contributed by atoms with E-state index < -0.39 is 5.91 Å². The fourth-order valence-corrected chi connectivity index (χ4v) is 2.14. The SMILES string of the molecule is COc1ccc(C(C)NC(=O)/C(C#N)=C\Nc2ncccn2)cc1OC. The minimum Gasteiger partial charge on any atom is -0.493 e. The van der Waals surface area contributed by atoms with Crippen LogP contribution in [0, 0.1) is 11.3 Å². The summed E-state index contributed by atoms with van der Waals surface area (Å²) in [5.74, 6) is 0.934. The van der Waals surface area contributed by atoms with E-state index in [0.717, 1.165) is 5.56 Å². The molecule has 1 aromatic heterocycles. The van der Waals surface area contributed by atoms with Gasteiger partial charge in [0.25, 0.3) is 5.91 Å². The second-order valence-corrected chi connectivity index (χ2v) is 5.20. The summed E-state index contributed by atoms with van der Waals surface area (Å²) in [5, 5.41) is 14.7. The Hall–Kier alpha value is -3.60. The highest BCUT2D eigenvalue weighted by Crippen LogP contribution is 2.29. The van der Waals surface area contributed by atoms with E-state index in [0.29, 0.717) is 17.4 Å². The van der Waals surface area contributed by atoms with Gasteiger partial charge in [-0.1, -0.05) is 6.07 Å². The van der Waals surface area contributed by atoms with E-state index in [2.05, 4.69) is 20.6 Å². The number of carbonyl (C=O) groups is 1. The summed E-state index contributed by atoms with van der Waals surface area (Å²) in [6.07, 6.45) is 4.37. The Kier molecular flexibility index (Phi) is 6.51. The summed E-state index contributed by atoms with van der Waals surface area (Å²) < 4.78 is 10.5. The van der Waals surface area contributed by atoms with Gasteiger partial charge in [0.2, 0.25) is 5.95 Å². The third kappa shape index (κ3) is 4.70. The highest BCUT2D eigenvalue weighted by Gasteiger charge is 2.15. The number of carbonyl (C=O) groups excluding carboxylic acids is 1. The molecule has 8 nitrogen and oxygen atoms in total. The zero-order valence-electron chi connectivity index (χ0n) is 14.7. The van der Waals surface area contributed by atoms with E-state index in [1.165, 1.54) is 6.20 Å². The lowest BCUT2D eigenvalue weighted by Crippen LogP contribution is -2.28. The average Bonchev–Trinajstić information content (AvgIpc) is 2.68. The largest absolute Gasteiger partial charge is 0.493 e. The molecule has 2 N–H and O–H groups in total. The predicted molar refractivity (Wildman–Crippen MR) is 95.5 cm³/mol. The van der Waals surface area contributed by atoms with Crippen molar-refractivity contribution in [1.82, 2.24) is 15.3 Å². The van der Waals surface area contributed by atoms with E-state index in [9.17, 15) is 10.1 Å². The summed E-state index contributed by atoms with van der Waals surface area (Å²) in [4.78, 5) is 20.2. The average molecular weight is 353 g/mol. The molecule has 8 heteroatoms. The third-order valence-corrected chi connectivity index (χ3v) is 3.53. The van der Waals surface area contributed by atoms with Crippen LogP contribution < -0.4 is 20.1 Å². The lowest BCUT2D eigenvalue weighted by molar-refractivity contribution is -0.117. The number of amides is 1. The molecule has 0 radical (unpaired) electrons. The molecule has 0 saturated heterocycles. The molecular weight excluding hydrogens is 334 g/mol. The number of benzene rings is 1. The summed E-state index contributed by atoms with van der Waals surface area (Å²) in [6, 6.07) is 8.53. The lowest BCUT2D eigenvalue weighted by Gasteiger charge is -2.16. The fraction of sp³-hybridized carbons (Fsp3) is 0.222. The first-order valence-corrected chi connectivity index (χ1v) is 7.75. The quantitative estimate of drug-likeness (QED) is 0.580. The van der Waals surface area contributed by atoms with Crippen molar-refractivity contribution < 1.29 is 14.3 Å². The van der Waals surface area contributed by atoms with E-state index in [1.807, 2.05) is 19.1 Å². The van der Waals surface area contributed by atoms with Gasteiger partial charge in [0, 0.05) is 18.6 Å². The second-order valence-electron chi connectivity index (χ2n) is 5.20. The summed E-state index contributed by atoms with van der Waals surface area (Å²) in [5.41, 5.74) is 0.720. The monoisotopic (exact) mass is 353 g/mol. The number of nitrogens with one attached hydrogen (secondary N) is 2. The maximum atomic E-state index is 12.3. The van der Waals surface area contributed by atoms with Gasteiger partial charge in [-0.05, 0) is 30.7 Å². The number of anilines is 1. The number of methoxy groups -OCH3 is 2. The fourth-order valence-electron chi connectivity index (χ4n) is 2.14. The number of hydrogen-bond donors (Lipinski definition) is 2. The van der Waals surface area contributed by atoms with Crippen molar-refractivity contribution in [1.29, 1.82) is 5.26 Å². The molecule has 0 bridgehead atoms. The number of rotatable bonds is 7. The van der Waals surface area contributed by atoms with Crippen molar-refractivity contribution in [2.45, 2.75) is 13.0 Å². The number of hydrogen-bond acceptors (Lipinski definition) is 7. The Bertz CT molecular complexity index is 830. The number of aromatic nitrogens is 2. The zero-order chi connectivity index (χ0) is 18.9. The molecule has 134 valence electrons. The smallest absolute Gasteiger partial charge is 0.263 e. The van der Waals surface area contributed by atoms with Crippen molar-refractivity contribution >= 4 is 11.9 Å². The minimum atomic E-state index is -0.516. The van der Waals surface area contributed by atoms with Crippen molar-refractivity contribution in [3.8, 4) is 17.6 Å². The molecule has 1 aromatic carbocycles. The van der Waals surface area contributed by atoms with Crippen LogP contribution in [0.3, 0.4) is 0 Å². The Morgan fingerprint density at radius 3 is 2.54 bits per heavy atom. The Balaban J connectivity index is 2.08. The number of nitriles is 1. The van der Waals surface area contributed by atoms with Crippen LogP contribution in [-0.2, 0) is 4.79 Å². The lowest BCUT2D eigenvalue weighted by atomic mass is 10.1. The summed E-state index contributed by atoms with van der Waals surface area (Å²) in [6.45, 7) is 1.81. The number of nitrogens with zero attached hydrogens (tertiary/aromatic N) is 3. The highest BCUT2D eigenvalue weighted by molar-refractivity contribution is 5.97. The maximum Gasteiger partial charge on any atom is 0.263 e. The third-order valence-electron chi connectivity index (χ3n) is 3.53. The molecule has 1 amide bonds. The molecule has 1 heterocycles. The standard InChI is InChI=1S/C18H19N5O3/c1-12(13-5-6-15(25-2)16(9-13)26-3)23-17(24)14(10-19)11-22-18-20-7-4-8-21-18/h4-9,11-12H,1-3H3,(H,23,24)(H,20,21,22)/b14-11-. The molecular formula is C18H19N5O3. The Morgan fingerprint density at radius 1 is 1.23 bits per heavy atom. The van der Waals surface area contributed by atoms with Crippen LogP contribution in [-0.4, -0.2) is 30.1 Å². The van der Waals surface area contributed by atoms with Gasteiger partial charge >= 0.3 is 0 Å². The first-order chi connectivity index (χ1) is 12.6. The van der Waals surface area contributed by atoms with Gasteiger partial charge < -0.3 is 20.1 Å². The molecule has 1 unspecified atom stereocenters. The summed E-state index contributed by atoms with van der Waals surface area (Å²) in [7, 11) is 3.09. The van der Waals surface area contributed by atoms with Gasteiger partial charge in [-0.25, -0.2) is 9.97 Å². The first-order valence-electron chi connectivity index (χ1n) is 7.75. The van der Waals surface area contributed by atoms with Crippen molar-refractivity contribution in [3.05, 3.63) is 54.0 Å². The molecule has 0 saturated carbocycles. The normalized spacial score (nSPS) is 11.8. The first kappa shape index (κ1) is 18.7. The van der Waals surface area contributed by atoms with E-state index in [-0.39, 0.29) is 11.6 Å². The van der Waals surface area contributed by atoms with Gasteiger partial charge in [-0.15, -0.1) is 0 Å². The molecule has 0 aliphatic rings. The van der Waals surface area contributed by atoms with Crippen LogP contribution >= 0.6 is 0 Å². The topological polar surface area (TPSA) is 109 Å². The van der Waals surface area contributed by atoms with Crippen molar-refractivity contribution in [2.24, 2.45) is 0 Å². The van der Waals surface area contributed by atoms with Gasteiger partial charge in [0.15, 0.2) is 11.5 Å². The van der Waals surface area contributed by atoms with Crippen molar-refractivity contribution in [3.63, 3.8) is 0 Å². The molecule has 1 atom stereocenters. The van der Waals surface area contributed by atoms with Gasteiger partial charge in [0.05, 0.1) is 20.3 Å². The van der Waals surface area contributed by atoms with E-state index >= 15 is 0 Å². The zero-order valence-corrected chi connectivity index (χ0v) is 14.7. The molecule has 2 rings (SSSR count). The van der Waals surface area contributed by atoms with E-state index in [4.69, 9.17) is 9.47 Å². The van der Waals surface area contributed by atoms with Crippen LogP contribution in [0.4, 0.5) is 5.95 Å². The molecule has 0 spiro atoms. The Labute approximate surface area is 151 Å². The van der Waals surface area contributed by atoms with Crippen LogP contribution in [0.2, 0.25) is 0 Å². The number of ether oxygens (including phenoxy) is 2. The van der Waals surface area contributed by atoms with Crippen LogP contribution in [0.15, 0.2) is 48.4 Å². The minimum absolute atomic E-state index is 0.0928. The highest BCUT2D eigenvalue weighted by atomic mass is 16.5. The Morgan fingerprint density at radius 2 is 1.92 bits per heavy atom. The molecule has 0 aliphatic heterocycles. The van der Waals surface area contributed by atoms with Crippen molar-refractivity contribution in [2.75, 3.05) is 19.5 Å². The second kappa shape index (κ2) is 9.03. The molecule has 26 heavy (non-hydrogen) atoms. The van der Waals surface area contributed by atoms with Crippen LogP contribution in [0.25, 0.3) is 0 Å². The van der Waals surface area contributed by atoms with Gasteiger partial charge in [0.1, 0.15) is 11.6 Å². The van der Waals surface area contributed by atoms with E-state index in [1.54, 1.807) is 44.8 Å². The summed E-state index contributed by atoms with van der Waals surface area (Å²) >= 11 is 0. The van der Waals surface area contributed by atoms with Gasteiger partial charge in [-0.2, -0.15) is 5.26 Å². The maximum absolute atomic E-state index is 12.3. The predicted octanol–water partition coefficient (Wildman–Crippen LogP) is 2.19. The molecule has 2 aromatic rings. The van der Waals surface area contributed by atoms with Crippen LogP contribution in [0.5, 0.6) is 11.5 Å². The van der Waals surface area contributed by atoms with Crippen LogP contribution in [0.1, 0.15) is 18.5 Å². The molecule has 0 aliphatic carbocycles. The van der Waals surface area contributed by atoms with Gasteiger partial charge in [-0.3, -0.25) is 4.79 Å².